The van der Waals surface area contributed by atoms with Crippen LogP contribution in [0.15, 0.2) is 40.8 Å². The van der Waals surface area contributed by atoms with Crippen LogP contribution in [0.5, 0.6) is 0 Å². The molecule has 1 heterocycles. The van der Waals surface area contributed by atoms with E-state index in [1.165, 1.54) is 0 Å². The van der Waals surface area contributed by atoms with Crippen LogP contribution >= 0.6 is 0 Å². The Balaban J connectivity index is 1.93. The summed E-state index contributed by atoms with van der Waals surface area (Å²) in [6.07, 6.45) is -0.438. The molecule has 0 saturated carbocycles. The lowest BCUT2D eigenvalue weighted by Crippen LogP contribution is -2.25. The Hall–Kier alpha value is -1.62. The van der Waals surface area contributed by atoms with Crippen molar-refractivity contribution in [3.05, 3.63) is 47.7 Å². The molecule has 1 aromatic heterocycles. The van der Waals surface area contributed by atoms with Crippen LogP contribution in [0.1, 0.15) is 24.4 Å². The Labute approximate surface area is 126 Å². The molecule has 114 valence electrons. The number of benzene rings is 1. The maximum absolute atomic E-state index is 9.51. The van der Waals surface area contributed by atoms with Crippen LogP contribution in [0.2, 0.25) is 0 Å². The van der Waals surface area contributed by atoms with Crippen molar-refractivity contribution in [2.24, 2.45) is 0 Å². The zero-order valence-electron chi connectivity index (χ0n) is 13.0. The number of hydrogen-bond acceptors (Lipinski definition) is 4. The van der Waals surface area contributed by atoms with Crippen molar-refractivity contribution < 1.29 is 9.52 Å². The van der Waals surface area contributed by atoms with Crippen molar-refractivity contribution >= 4 is 0 Å². The predicted octanol–water partition coefficient (Wildman–Crippen LogP) is 2.65. The molecule has 2 rings (SSSR count). The zero-order chi connectivity index (χ0) is 15.2. The van der Waals surface area contributed by atoms with Gasteiger partial charge in [0, 0.05) is 18.7 Å². The van der Waals surface area contributed by atoms with Gasteiger partial charge in [-0.2, -0.15) is 0 Å². The Morgan fingerprint density at radius 3 is 2.48 bits per heavy atom. The summed E-state index contributed by atoms with van der Waals surface area (Å²) < 4.78 is 5.84. The molecule has 21 heavy (non-hydrogen) atoms. The SMILES string of the molecule is CC(O)c1ccc(-c2ccc(CNCCN(C)C)o2)cc1. The fourth-order valence-corrected chi connectivity index (χ4v) is 2.07. The van der Waals surface area contributed by atoms with Gasteiger partial charge in [-0.05, 0) is 38.7 Å². The molecular weight excluding hydrogens is 264 g/mol. The number of aliphatic hydroxyl groups excluding tert-OH is 1. The Kier molecular flexibility index (Phi) is 5.56. The molecule has 0 saturated heterocycles. The van der Waals surface area contributed by atoms with Crippen LogP contribution in [0.3, 0.4) is 0 Å². The fraction of sp³-hybridized carbons (Fsp3) is 0.412. The van der Waals surface area contributed by atoms with E-state index >= 15 is 0 Å². The largest absolute Gasteiger partial charge is 0.460 e. The number of nitrogens with one attached hydrogen (secondary N) is 1. The van der Waals surface area contributed by atoms with E-state index < -0.39 is 6.10 Å². The van der Waals surface area contributed by atoms with Gasteiger partial charge in [0.25, 0.3) is 0 Å². The van der Waals surface area contributed by atoms with E-state index in [0.29, 0.717) is 0 Å². The second-order valence-corrected chi connectivity index (χ2v) is 5.54. The number of hydrogen-bond donors (Lipinski definition) is 2. The van der Waals surface area contributed by atoms with Crippen LogP contribution < -0.4 is 5.32 Å². The molecule has 1 aromatic carbocycles. The maximum Gasteiger partial charge on any atom is 0.134 e. The van der Waals surface area contributed by atoms with Crippen molar-refractivity contribution in [1.29, 1.82) is 0 Å². The van der Waals surface area contributed by atoms with Crippen LogP contribution in [0.25, 0.3) is 11.3 Å². The molecular formula is C17H24N2O2. The van der Waals surface area contributed by atoms with Gasteiger partial charge in [0.05, 0.1) is 12.6 Å². The van der Waals surface area contributed by atoms with E-state index in [0.717, 1.165) is 42.3 Å². The van der Waals surface area contributed by atoms with E-state index in [4.69, 9.17) is 4.42 Å². The monoisotopic (exact) mass is 288 g/mol. The number of nitrogens with zero attached hydrogens (tertiary/aromatic N) is 1. The normalized spacial score (nSPS) is 12.8. The molecule has 1 atom stereocenters. The second-order valence-electron chi connectivity index (χ2n) is 5.54. The molecule has 4 nitrogen and oxygen atoms in total. The summed E-state index contributed by atoms with van der Waals surface area (Å²) in [5.41, 5.74) is 1.94. The first-order chi connectivity index (χ1) is 10.1. The average molecular weight is 288 g/mol. The summed E-state index contributed by atoms with van der Waals surface area (Å²) >= 11 is 0. The van der Waals surface area contributed by atoms with E-state index in [2.05, 4.69) is 24.3 Å². The molecule has 0 radical (unpaired) electrons. The Bertz CT molecular complexity index is 544. The molecule has 4 heteroatoms. The van der Waals surface area contributed by atoms with Crippen molar-refractivity contribution in [2.75, 3.05) is 27.2 Å². The highest BCUT2D eigenvalue weighted by Crippen LogP contribution is 2.24. The quantitative estimate of drug-likeness (QED) is 0.769. The minimum Gasteiger partial charge on any atom is -0.460 e. The first-order valence-electron chi connectivity index (χ1n) is 7.29. The van der Waals surface area contributed by atoms with Crippen LogP contribution in [-0.2, 0) is 6.54 Å². The van der Waals surface area contributed by atoms with Crippen molar-refractivity contribution in [2.45, 2.75) is 19.6 Å². The van der Waals surface area contributed by atoms with Crippen molar-refractivity contribution in [3.63, 3.8) is 0 Å². The molecule has 0 aliphatic carbocycles. The lowest BCUT2D eigenvalue weighted by molar-refractivity contribution is 0.199. The summed E-state index contributed by atoms with van der Waals surface area (Å²) in [6.45, 7) is 4.44. The molecule has 2 N–H and O–H groups in total. The molecule has 0 aliphatic rings. The topological polar surface area (TPSA) is 48.6 Å². The second kappa shape index (κ2) is 7.41. The summed E-state index contributed by atoms with van der Waals surface area (Å²) in [4.78, 5) is 2.14. The van der Waals surface area contributed by atoms with Gasteiger partial charge in [0.2, 0.25) is 0 Å². The van der Waals surface area contributed by atoms with Crippen LogP contribution in [-0.4, -0.2) is 37.2 Å². The summed E-state index contributed by atoms with van der Waals surface area (Å²) in [5.74, 6) is 1.79. The molecule has 0 fully saturated rings. The minimum atomic E-state index is -0.438. The summed E-state index contributed by atoms with van der Waals surface area (Å²) in [6, 6.07) is 11.8. The maximum atomic E-state index is 9.51. The standard InChI is InChI=1S/C17H24N2O2/c1-13(20)14-4-6-15(7-5-14)17-9-8-16(21-17)12-18-10-11-19(2)3/h4-9,13,18,20H,10-12H2,1-3H3. The smallest absolute Gasteiger partial charge is 0.134 e. The third-order valence-corrected chi connectivity index (χ3v) is 3.37. The Morgan fingerprint density at radius 1 is 1.14 bits per heavy atom. The summed E-state index contributed by atoms with van der Waals surface area (Å²) in [5, 5.41) is 12.9. The van der Waals surface area contributed by atoms with Gasteiger partial charge in [-0.25, -0.2) is 0 Å². The van der Waals surface area contributed by atoms with Gasteiger partial charge < -0.3 is 19.7 Å². The van der Waals surface area contributed by atoms with Gasteiger partial charge in [-0.15, -0.1) is 0 Å². The highest BCUT2D eigenvalue weighted by atomic mass is 16.3. The molecule has 0 spiro atoms. The first kappa shape index (κ1) is 15.8. The molecule has 0 aliphatic heterocycles. The molecule has 1 unspecified atom stereocenters. The lowest BCUT2D eigenvalue weighted by Gasteiger charge is -2.09. The molecule has 0 bridgehead atoms. The highest BCUT2D eigenvalue weighted by Gasteiger charge is 2.06. The molecule has 2 aromatic rings. The van der Waals surface area contributed by atoms with Gasteiger partial charge in [-0.1, -0.05) is 24.3 Å². The van der Waals surface area contributed by atoms with E-state index in [1.807, 2.05) is 36.4 Å². The van der Waals surface area contributed by atoms with Gasteiger partial charge in [-0.3, -0.25) is 0 Å². The Morgan fingerprint density at radius 2 is 1.86 bits per heavy atom. The predicted molar refractivity (Wildman–Crippen MR) is 85.0 cm³/mol. The van der Waals surface area contributed by atoms with Gasteiger partial charge in [0.1, 0.15) is 11.5 Å². The zero-order valence-corrected chi connectivity index (χ0v) is 13.0. The third-order valence-electron chi connectivity index (χ3n) is 3.37. The minimum absolute atomic E-state index is 0.438. The van der Waals surface area contributed by atoms with Crippen LogP contribution in [0, 0.1) is 0 Å². The van der Waals surface area contributed by atoms with E-state index in [1.54, 1.807) is 6.92 Å². The fourth-order valence-electron chi connectivity index (χ4n) is 2.07. The van der Waals surface area contributed by atoms with E-state index in [9.17, 15) is 5.11 Å². The van der Waals surface area contributed by atoms with Crippen molar-refractivity contribution in [3.8, 4) is 11.3 Å². The molecule has 0 amide bonds. The summed E-state index contributed by atoms with van der Waals surface area (Å²) in [7, 11) is 4.12. The van der Waals surface area contributed by atoms with Crippen molar-refractivity contribution in [1.82, 2.24) is 10.2 Å². The van der Waals surface area contributed by atoms with E-state index in [-0.39, 0.29) is 0 Å². The third kappa shape index (κ3) is 4.70. The number of likely N-dealkylation sites (N-methyl/N-ethyl adjacent to an activating group) is 1. The first-order valence-corrected chi connectivity index (χ1v) is 7.29. The number of furan rings is 1. The van der Waals surface area contributed by atoms with Gasteiger partial charge in [0.15, 0.2) is 0 Å². The average Bonchev–Trinajstić information content (AvgIpc) is 2.92. The van der Waals surface area contributed by atoms with Crippen LogP contribution in [0.4, 0.5) is 0 Å². The van der Waals surface area contributed by atoms with Gasteiger partial charge >= 0.3 is 0 Å². The number of aliphatic hydroxyl groups is 1. The number of rotatable bonds is 7. The lowest BCUT2D eigenvalue weighted by atomic mass is 10.1. The highest BCUT2D eigenvalue weighted by molar-refractivity contribution is 5.58.